The van der Waals surface area contributed by atoms with Crippen LogP contribution < -0.4 is 49.9 Å². The van der Waals surface area contributed by atoms with Crippen molar-refractivity contribution in [2.24, 2.45) is 0 Å². The summed E-state index contributed by atoms with van der Waals surface area (Å²) >= 11 is 4.28. The number of fused-ring (bicyclic) bond motifs is 4. The molecule has 7 N–H and O–H groups in total. The Balaban J connectivity index is 0.000000157. The highest BCUT2D eigenvalue weighted by Gasteiger charge is 2.30. The van der Waals surface area contributed by atoms with Gasteiger partial charge in [-0.25, -0.2) is 44.4 Å². The number of benzene rings is 3. The average molecular weight is 2170 g/mol. The number of nitrogens with one attached hydrogen (secondary N) is 6. The first kappa shape index (κ1) is 106. The lowest BCUT2D eigenvalue weighted by molar-refractivity contribution is -0.156. The number of aliphatic carboxylic acids is 1. The van der Waals surface area contributed by atoms with Gasteiger partial charge >= 0.3 is 17.9 Å². The number of carbonyl (C=O) groups is 6. The van der Waals surface area contributed by atoms with Crippen molar-refractivity contribution in [3.8, 4) is 68.7 Å². The molecule has 1 amide bonds. The van der Waals surface area contributed by atoms with Crippen molar-refractivity contribution in [3.05, 3.63) is 228 Å². The molecule has 0 atom stereocenters. The molecule has 0 saturated heterocycles. The normalized spacial score (nSPS) is 12.8. The van der Waals surface area contributed by atoms with Gasteiger partial charge in [0.15, 0.2) is 0 Å². The Morgan fingerprint density at radius 3 is 1.19 bits per heavy atom. The zero-order valence-corrected chi connectivity index (χ0v) is 85.8. The first-order valence-corrected chi connectivity index (χ1v) is 48.4. The lowest BCUT2D eigenvalue weighted by atomic mass is 10.1. The number of ether oxygens (including phenoxy) is 8. The van der Waals surface area contributed by atoms with Gasteiger partial charge in [0.25, 0.3) is 5.56 Å². The number of halogens is 2. The summed E-state index contributed by atoms with van der Waals surface area (Å²) < 4.78 is 53.3. The van der Waals surface area contributed by atoms with Crippen LogP contribution in [0.5, 0.6) is 35.3 Å². The maximum absolute atomic E-state index is 12.9. The summed E-state index contributed by atoms with van der Waals surface area (Å²) in [5, 5.41) is 60.0. The van der Waals surface area contributed by atoms with Gasteiger partial charge in [-0.2, -0.15) is 20.5 Å². The Hall–Kier alpha value is -14.8. The Labute approximate surface area is 846 Å². The van der Waals surface area contributed by atoms with Crippen molar-refractivity contribution >= 4 is 98.7 Å². The highest BCUT2D eigenvalue weighted by molar-refractivity contribution is 14.1. The molecule has 18 rings (SSSR count). The molecule has 14 aromatic rings. The molecule has 142 heavy (non-hydrogen) atoms. The first-order chi connectivity index (χ1) is 68.2. The van der Waals surface area contributed by atoms with E-state index in [0.29, 0.717) is 112 Å². The van der Waals surface area contributed by atoms with Gasteiger partial charge in [-0.15, -0.1) is 25.5 Å². The predicted octanol–water partition coefficient (Wildman–Crippen LogP) is 12.5. The number of H-pyrrole nitrogens is 3. The minimum atomic E-state index is -0.967. The van der Waals surface area contributed by atoms with Crippen molar-refractivity contribution in [1.82, 2.24) is 119 Å². The fourth-order valence-corrected chi connectivity index (χ4v) is 16.1. The monoisotopic (exact) mass is 2170 g/mol. The Kier molecular flexibility index (Phi) is 38.0. The molecule has 0 saturated carbocycles. The predicted molar refractivity (Wildman–Crippen MR) is 542 cm³/mol. The highest BCUT2D eigenvalue weighted by Crippen LogP contribution is 2.35. The number of rotatable bonds is 29. The second-order valence-corrected chi connectivity index (χ2v) is 36.7. The smallest absolute Gasteiger partial charge is 0.328 e. The molecule has 3 aromatic carbocycles. The summed E-state index contributed by atoms with van der Waals surface area (Å²) in [5.74, 6) is 2.84. The quantitative estimate of drug-likeness (QED) is 0.0169. The Bertz CT molecular complexity index is 6490. The number of carboxylic acid groups (broad SMARTS) is 1. The van der Waals surface area contributed by atoms with Crippen LogP contribution in [0.3, 0.4) is 0 Å². The van der Waals surface area contributed by atoms with Gasteiger partial charge in [0.05, 0.1) is 81.9 Å². The summed E-state index contributed by atoms with van der Waals surface area (Å²) in [6, 6.07) is 29.2. The molecule has 0 bridgehead atoms. The summed E-state index contributed by atoms with van der Waals surface area (Å²) in [7, 11) is 0. The van der Waals surface area contributed by atoms with Gasteiger partial charge in [-0.05, 0) is 200 Å². The maximum Gasteiger partial charge on any atom is 0.328 e. The van der Waals surface area contributed by atoms with E-state index >= 15 is 0 Å². The fourth-order valence-electron chi connectivity index (χ4n) is 15.1. The summed E-state index contributed by atoms with van der Waals surface area (Å²) in [5.41, 5.74) is 13.1. The van der Waals surface area contributed by atoms with Crippen LogP contribution >= 0.6 is 45.2 Å². The molecule has 0 unspecified atom stereocenters. The number of aromatic amines is 3. The molecule has 0 spiro atoms. The molecule has 11 aromatic heterocycles. The number of carbonyl (C=O) groups excluding carboxylic acids is 5. The molecule has 45 heteroatoms. The molecule has 4 aliphatic rings. The molecule has 0 radical (unpaired) electrons. The van der Waals surface area contributed by atoms with E-state index in [0.717, 1.165) is 95.4 Å². The largest absolute Gasteiger partial charge is 0.480 e. The Morgan fingerprint density at radius 1 is 0.451 bits per heavy atom. The SMILES string of the molecule is CC(=O)n1ccc(=O)[nH]1.CCOc1[nH]ncc1I.CCOc1ccn(C(C)=O)n1.CCOc1nn(CC(=O)N2CCc3n[nH]nc3C2)cc1-c1cnc(NC2Cc3ccccc3C2)nc1.CCOc1nn(CC(=O)O)cc1-c1cnc(NC2Cc3ccccc3C2)nc1.CCOc1nn(CC(=O)OC(C)(C)C)cc1-c1cnc(NC2Cc3ccccc3C2)nc1.CCOc1nn(CC(=O)OC(C)(C)C)cc1I. The topological polar surface area (TPSA) is 510 Å². The van der Waals surface area contributed by atoms with E-state index in [-0.39, 0.29) is 79.5 Å². The third-order valence-corrected chi connectivity index (χ3v) is 22.5. The molecule has 43 nitrogen and oxygen atoms in total. The number of hydrogen-bond donors (Lipinski definition) is 7. The van der Waals surface area contributed by atoms with Gasteiger partial charge in [-0.3, -0.25) is 57.4 Å². The number of amides is 1. The minimum Gasteiger partial charge on any atom is -0.480 e. The van der Waals surface area contributed by atoms with E-state index in [1.54, 1.807) is 83.8 Å². The minimum absolute atomic E-state index is 0.0000792. The number of aromatic nitrogens is 23. The number of hydrogen-bond acceptors (Lipinski definition) is 32. The summed E-state index contributed by atoms with van der Waals surface area (Å²) in [6.45, 7) is 29.4. The highest BCUT2D eigenvalue weighted by atomic mass is 127. The van der Waals surface area contributed by atoms with Crippen LogP contribution in [0.1, 0.15) is 151 Å². The lowest BCUT2D eigenvalue weighted by Crippen LogP contribution is -2.38. The molecule has 1 aliphatic heterocycles. The summed E-state index contributed by atoms with van der Waals surface area (Å²) in [4.78, 5) is 108. The average Bonchev–Trinajstić information content (AvgIpc) is 1.66. The van der Waals surface area contributed by atoms with Gasteiger partial charge in [0.1, 0.15) is 43.1 Å². The molecular formula is C97H117I2N27O16. The van der Waals surface area contributed by atoms with Crippen molar-refractivity contribution < 1.29 is 71.8 Å². The molecule has 3 aliphatic carbocycles. The zero-order valence-electron chi connectivity index (χ0n) is 81.5. The number of nitrogens with zero attached hydrogens (tertiary/aromatic N) is 21. The third-order valence-electron chi connectivity index (χ3n) is 21.0. The summed E-state index contributed by atoms with van der Waals surface area (Å²) in [6.07, 6.45) is 28.5. The number of esters is 2. The van der Waals surface area contributed by atoms with Crippen molar-refractivity contribution in [1.29, 1.82) is 0 Å². The lowest BCUT2D eigenvalue weighted by Gasteiger charge is -2.25. The third kappa shape index (κ3) is 31.6. The van der Waals surface area contributed by atoms with Gasteiger partial charge in [0, 0.05) is 148 Å². The Morgan fingerprint density at radius 2 is 0.838 bits per heavy atom. The van der Waals surface area contributed by atoms with Crippen LogP contribution in [0.2, 0.25) is 0 Å². The first-order valence-electron chi connectivity index (χ1n) is 46.2. The van der Waals surface area contributed by atoms with Crippen LogP contribution in [-0.2, 0) is 106 Å². The van der Waals surface area contributed by atoms with Crippen LogP contribution in [0.15, 0.2) is 170 Å². The van der Waals surface area contributed by atoms with E-state index in [1.165, 1.54) is 78.2 Å². The van der Waals surface area contributed by atoms with E-state index in [4.69, 9.17) is 43.0 Å². The second-order valence-electron chi connectivity index (χ2n) is 34.3. The van der Waals surface area contributed by atoms with Crippen molar-refractivity contribution in [2.45, 2.75) is 204 Å². The van der Waals surface area contributed by atoms with Crippen LogP contribution in [0.4, 0.5) is 17.8 Å². The van der Waals surface area contributed by atoms with E-state index in [9.17, 15) is 33.6 Å². The second kappa shape index (κ2) is 50.9. The van der Waals surface area contributed by atoms with E-state index in [2.05, 4.69) is 220 Å². The van der Waals surface area contributed by atoms with E-state index in [1.807, 2.05) is 89.3 Å². The standard InChI is InChI=1S/C25H27N9O2.C24H29N5O3.C20H21N5O3.C11H17IN2O3.C7H10N2O2.C5H7IN2O.C5H6N2O2/c1-2-36-24-20(13-34(31-24)15-23(35)33-8-7-21-22(14-33)30-32-29-21)18-11-26-25(27-12-18)28-19-9-16-5-3-4-6-17(16)10-19;1-5-31-22-20(14-29(28-22)15-21(30)32-24(2,3)4)18-12-25-23(26-13-18)27-19-10-16-8-6-7-9-17(16)11-19;1-2-28-19-17(11-25(24-19)12-18(26)27)15-9-21-20(22-10-15)23-16-7-13-5-3-4-6-14(13)8-16;1-5-16-10-8(12)6-14(13-10)7-9(15)17-11(2,3)4;1-3-11-7-4-5-9(8-7)6(2)10;1-2-9-5-4(6)3-7-8-5;1-4(8)7-3-2-5(9)6-7/h3-6,11-13,19H,2,7-10,14-15H2,1H3,(H,26,27,28)(H,29,30,32);6-9,12-14,19H,5,10-11,15H2,1-4H3,(H,25,26,27);3-6,9-11,16H,2,7-8,12H2,1H3,(H,26,27)(H,21,22,23);6H,5,7H2,1-4H3;4-5H,3H2,1-2H3;3H,2H2,1H3,(H,7,8);2-3H,1H3,(H,6,9). The molecule has 750 valence electrons. The molecule has 12 heterocycles. The van der Waals surface area contributed by atoms with Crippen LogP contribution in [0, 0.1) is 7.14 Å². The van der Waals surface area contributed by atoms with Crippen molar-refractivity contribution in [3.63, 3.8) is 0 Å². The van der Waals surface area contributed by atoms with Crippen molar-refractivity contribution in [2.75, 3.05) is 62.1 Å². The van der Waals surface area contributed by atoms with Gasteiger partial charge in [0.2, 0.25) is 70.8 Å². The number of anilines is 3. The zero-order chi connectivity index (χ0) is 102. The van der Waals surface area contributed by atoms with E-state index < -0.39 is 17.2 Å². The number of carboxylic acids is 1. The maximum atomic E-state index is 12.9. The molecular weight excluding hydrogens is 2050 g/mol. The van der Waals surface area contributed by atoms with Gasteiger partial charge < -0.3 is 63.9 Å². The molecule has 0 fully saturated rings. The van der Waals surface area contributed by atoms with Crippen LogP contribution in [-0.4, -0.2) is 235 Å². The van der Waals surface area contributed by atoms with Crippen LogP contribution in [0.25, 0.3) is 33.4 Å². The van der Waals surface area contributed by atoms with Gasteiger partial charge in [-0.1, -0.05) is 72.8 Å². The fraction of sp³-hybridized carbons (Fsp3) is 0.392.